The molecule has 1 heterocycles. The predicted molar refractivity (Wildman–Crippen MR) is 134 cm³/mol. The maximum atomic E-state index is 12.5. The number of aromatic nitrogens is 2. The number of nitrogens with two attached hydrogens (primary N) is 1. The van der Waals surface area contributed by atoms with Gasteiger partial charge < -0.3 is 29.6 Å². The summed E-state index contributed by atoms with van der Waals surface area (Å²) in [7, 11) is 4.54. The maximum absolute atomic E-state index is 12.5. The number of ether oxygens (including phenoxy) is 4. The van der Waals surface area contributed by atoms with Crippen LogP contribution in [0.1, 0.15) is 41.4 Å². The van der Waals surface area contributed by atoms with E-state index in [1.807, 2.05) is 53.4 Å². The van der Waals surface area contributed by atoms with Crippen molar-refractivity contribution in [1.82, 2.24) is 9.97 Å². The molecule has 9 heteroatoms. The van der Waals surface area contributed by atoms with Gasteiger partial charge in [-0.3, -0.25) is 0 Å². The van der Waals surface area contributed by atoms with E-state index in [0.29, 0.717) is 25.5 Å². The van der Waals surface area contributed by atoms with Gasteiger partial charge in [0.05, 0.1) is 27.9 Å². The van der Waals surface area contributed by atoms with Crippen molar-refractivity contribution in [2.24, 2.45) is 0 Å². The molecular formula is C26H32N4O5. The molecule has 3 aromatic rings. The second-order valence-electron chi connectivity index (χ2n) is 7.84. The summed E-state index contributed by atoms with van der Waals surface area (Å²) in [5.74, 6) is 1.26. The first-order valence-corrected chi connectivity index (χ1v) is 11.4. The van der Waals surface area contributed by atoms with E-state index in [-0.39, 0.29) is 17.4 Å². The van der Waals surface area contributed by atoms with E-state index in [1.165, 1.54) is 7.11 Å². The molecule has 2 aromatic carbocycles. The third-order valence-corrected chi connectivity index (χ3v) is 5.38. The topological polar surface area (TPSA) is 109 Å². The van der Waals surface area contributed by atoms with Crippen molar-refractivity contribution in [2.75, 3.05) is 38.6 Å². The minimum Gasteiger partial charge on any atom is -0.497 e. The molecular weight excluding hydrogens is 448 g/mol. The zero-order chi connectivity index (χ0) is 25.2. The van der Waals surface area contributed by atoms with Crippen molar-refractivity contribution in [3.05, 3.63) is 65.4 Å². The van der Waals surface area contributed by atoms with E-state index in [4.69, 9.17) is 24.7 Å². The van der Waals surface area contributed by atoms with E-state index >= 15 is 0 Å². The van der Waals surface area contributed by atoms with Gasteiger partial charge in [-0.15, -0.1) is 0 Å². The number of nitrogen functional groups attached to an aromatic ring is 1. The highest BCUT2D eigenvalue weighted by molar-refractivity contribution is 5.95. The highest BCUT2D eigenvalue weighted by atomic mass is 16.5. The van der Waals surface area contributed by atoms with Gasteiger partial charge in [0, 0.05) is 13.1 Å². The summed E-state index contributed by atoms with van der Waals surface area (Å²) in [6, 6.07) is 15.5. The summed E-state index contributed by atoms with van der Waals surface area (Å²) in [6.07, 6.45) is 1.78. The molecule has 0 aliphatic rings. The van der Waals surface area contributed by atoms with Gasteiger partial charge in [-0.05, 0) is 41.8 Å². The number of methoxy groups -OCH3 is 3. The summed E-state index contributed by atoms with van der Waals surface area (Å²) < 4.78 is 21.2. The quantitative estimate of drug-likeness (QED) is 0.300. The Morgan fingerprint density at radius 1 is 0.886 bits per heavy atom. The van der Waals surface area contributed by atoms with Gasteiger partial charge in [-0.1, -0.05) is 37.6 Å². The summed E-state index contributed by atoms with van der Waals surface area (Å²) in [6.45, 7) is 3.42. The van der Waals surface area contributed by atoms with Gasteiger partial charge in [-0.25, -0.2) is 4.79 Å². The highest BCUT2D eigenvalue weighted by Crippen LogP contribution is 2.30. The number of anilines is 2. The molecule has 0 aliphatic heterocycles. The molecule has 9 nitrogen and oxygen atoms in total. The van der Waals surface area contributed by atoms with Gasteiger partial charge >= 0.3 is 12.0 Å². The SMILES string of the molecule is CCCCOc1nc(C(=O)OC)c(N)c(N(Cc2ccc(OC)cc2)Cc2ccc(OC)cc2)n1. The van der Waals surface area contributed by atoms with Crippen LogP contribution in [-0.2, 0) is 17.8 Å². The Labute approximate surface area is 205 Å². The van der Waals surface area contributed by atoms with E-state index < -0.39 is 5.97 Å². The largest absolute Gasteiger partial charge is 0.497 e. The van der Waals surface area contributed by atoms with Crippen LogP contribution >= 0.6 is 0 Å². The number of hydrogen-bond donors (Lipinski definition) is 1. The molecule has 0 saturated heterocycles. The monoisotopic (exact) mass is 480 g/mol. The number of esters is 1. The smallest absolute Gasteiger partial charge is 0.359 e. The van der Waals surface area contributed by atoms with Crippen LogP contribution in [-0.4, -0.2) is 43.9 Å². The fourth-order valence-electron chi connectivity index (χ4n) is 3.41. The molecule has 0 radical (unpaired) electrons. The molecule has 0 saturated carbocycles. The van der Waals surface area contributed by atoms with E-state index in [0.717, 1.165) is 35.5 Å². The van der Waals surface area contributed by atoms with Crippen LogP contribution in [0.25, 0.3) is 0 Å². The second-order valence-corrected chi connectivity index (χ2v) is 7.84. The number of nitrogens with zero attached hydrogens (tertiary/aromatic N) is 3. The van der Waals surface area contributed by atoms with Crippen molar-refractivity contribution >= 4 is 17.5 Å². The van der Waals surface area contributed by atoms with Crippen LogP contribution in [0.2, 0.25) is 0 Å². The zero-order valence-electron chi connectivity index (χ0n) is 20.6. The third-order valence-electron chi connectivity index (χ3n) is 5.38. The lowest BCUT2D eigenvalue weighted by Gasteiger charge is -2.26. The number of carbonyl (C=O) groups excluding carboxylic acids is 1. The molecule has 2 N–H and O–H groups in total. The predicted octanol–water partition coefficient (Wildman–Crippen LogP) is 4.25. The van der Waals surface area contributed by atoms with Gasteiger partial charge in [0.25, 0.3) is 0 Å². The molecule has 0 unspecified atom stereocenters. The number of unbranched alkanes of at least 4 members (excludes halogenated alkanes) is 1. The molecule has 0 aliphatic carbocycles. The highest BCUT2D eigenvalue weighted by Gasteiger charge is 2.23. The van der Waals surface area contributed by atoms with Gasteiger partial charge in [0.2, 0.25) is 0 Å². The average Bonchev–Trinajstić information content (AvgIpc) is 2.89. The van der Waals surface area contributed by atoms with E-state index in [9.17, 15) is 4.79 Å². The maximum Gasteiger partial charge on any atom is 0.359 e. The normalized spacial score (nSPS) is 10.5. The second kappa shape index (κ2) is 12.5. The molecule has 3 rings (SSSR count). The van der Waals surface area contributed by atoms with Crippen LogP contribution in [0, 0.1) is 0 Å². The van der Waals surface area contributed by atoms with Crippen LogP contribution in [0.3, 0.4) is 0 Å². The summed E-state index contributed by atoms with van der Waals surface area (Å²) in [5.41, 5.74) is 8.53. The van der Waals surface area contributed by atoms with Crippen molar-refractivity contribution in [3.8, 4) is 17.5 Å². The molecule has 35 heavy (non-hydrogen) atoms. The number of benzene rings is 2. The Balaban J connectivity index is 2.04. The standard InChI is InChI=1S/C26H32N4O5/c1-5-6-15-35-26-28-23(25(31)34-4)22(27)24(29-26)30(16-18-7-11-20(32-2)12-8-18)17-19-9-13-21(33-3)14-10-19/h7-14H,5-6,15-17,27H2,1-4H3. The number of rotatable bonds is 12. The molecule has 0 atom stereocenters. The molecule has 186 valence electrons. The fourth-order valence-corrected chi connectivity index (χ4v) is 3.41. The first-order valence-electron chi connectivity index (χ1n) is 11.4. The van der Waals surface area contributed by atoms with E-state index in [1.54, 1.807) is 14.2 Å². The van der Waals surface area contributed by atoms with Crippen LogP contribution in [0.5, 0.6) is 17.5 Å². The lowest BCUT2D eigenvalue weighted by Crippen LogP contribution is -2.26. The first-order chi connectivity index (χ1) is 17.0. The van der Waals surface area contributed by atoms with E-state index in [2.05, 4.69) is 16.9 Å². The molecule has 1 aromatic heterocycles. The van der Waals surface area contributed by atoms with Crippen molar-refractivity contribution in [1.29, 1.82) is 0 Å². The third kappa shape index (κ3) is 6.75. The molecule has 0 spiro atoms. The Hall–Kier alpha value is -4.01. The van der Waals surface area contributed by atoms with Gasteiger partial charge in [0.1, 0.15) is 17.2 Å². The Bertz CT molecular complexity index is 1050. The Morgan fingerprint density at radius 3 is 1.89 bits per heavy atom. The van der Waals surface area contributed by atoms with Crippen LogP contribution in [0.15, 0.2) is 48.5 Å². The van der Waals surface area contributed by atoms with Gasteiger partial charge in [-0.2, -0.15) is 9.97 Å². The average molecular weight is 481 g/mol. The fraction of sp³-hybridized carbons (Fsp3) is 0.346. The first kappa shape index (κ1) is 25.6. The minimum atomic E-state index is -0.652. The number of carbonyl (C=O) groups is 1. The molecule has 0 bridgehead atoms. The van der Waals surface area contributed by atoms with Crippen molar-refractivity contribution in [2.45, 2.75) is 32.9 Å². The lowest BCUT2D eigenvalue weighted by molar-refractivity contribution is 0.0593. The van der Waals surface area contributed by atoms with Crippen molar-refractivity contribution < 1.29 is 23.7 Å². The molecule has 0 fully saturated rings. The lowest BCUT2D eigenvalue weighted by atomic mass is 10.1. The Kier molecular flexibility index (Phi) is 9.11. The minimum absolute atomic E-state index is 0.0292. The summed E-state index contributed by atoms with van der Waals surface area (Å²) >= 11 is 0. The van der Waals surface area contributed by atoms with Gasteiger partial charge in [0.15, 0.2) is 11.5 Å². The zero-order valence-corrected chi connectivity index (χ0v) is 20.6. The van der Waals surface area contributed by atoms with Crippen LogP contribution in [0.4, 0.5) is 11.5 Å². The number of hydrogen-bond acceptors (Lipinski definition) is 9. The summed E-state index contributed by atoms with van der Waals surface area (Å²) in [4.78, 5) is 23.2. The summed E-state index contributed by atoms with van der Waals surface area (Å²) in [5, 5.41) is 0. The van der Waals surface area contributed by atoms with Crippen molar-refractivity contribution in [3.63, 3.8) is 0 Å². The van der Waals surface area contributed by atoms with Crippen LogP contribution < -0.4 is 24.8 Å². The molecule has 0 amide bonds. The Morgan fingerprint density at radius 2 is 1.43 bits per heavy atom.